The fraction of sp³-hybridized carbons (Fsp3) is 0.333. The molecule has 0 atom stereocenters. The number of hydrogen-bond donors (Lipinski definition) is 1. The molecule has 0 unspecified atom stereocenters. The Morgan fingerprint density at radius 2 is 2.00 bits per heavy atom. The van der Waals surface area contributed by atoms with Crippen LogP contribution in [-0.2, 0) is 6.54 Å². The van der Waals surface area contributed by atoms with Crippen LogP contribution in [0.5, 0.6) is 5.75 Å². The third-order valence-corrected chi connectivity index (χ3v) is 4.85. The summed E-state index contributed by atoms with van der Waals surface area (Å²) >= 11 is 1.39. The van der Waals surface area contributed by atoms with E-state index >= 15 is 0 Å². The van der Waals surface area contributed by atoms with Gasteiger partial charge in [0.15, 0.2) is 0 Å². The van der Waals surface area contributed by atoms with Crippen molar-refractivity contribution in [3.8, 4) is 5.75 Å². The summed E-state index contributed by atoms with van der Waals surface area (Å²) in [4.78, 5) is 14.1. The maximum absolute atomic E-state index is 12.5. The Hall–Kier alpha value is -2.48. The van der Waals surface area contributed by atoms with Gasteiger partial charge in [-0.3, -0.25) is 9.48 Å². The van der Waals surface area contributed by atoms with E-state index in [1.165, 1.54) is 35.6 Å². The summed E-state index contributed by atoms with van der Waals surface area (Å²) in [7, 11) is 0. The van der Waals surface area contributed by atoms with Gasteiger partial charge in [0.05, 0.1) is 10.6 Å². The normalized spacial score (nSPS) is 11.5. The predicted molar refractivity (Wildman–Crippen MR) is 98.2 cm³/mol. The van der Waals surface area contributed by atoms with Crippen LogP contribution < -0.4 is 10.1 Å². The zero-order valence-electron chi connectivity index (χ0n) is 14.6. The molecule has 1 N–H and O–H groups in total. The molecule has 1 amide bonds. The number of aromatic nitrogens is 2. The van der Waals surface area contributed by atoms with E-state index in [1.807, 2.05) is 17.7 Å². The van der Waals surface area contributed by atoms with E-state index in [2.05, 4.69) is 29.0 Å². The number of nitrogens with one attached hydrogen (secondary N) is 1. The van der Waals surface area contributed by atoms with Gasteiger partial charge in [0.25, 0.3) is 5.91 Å². The molecule has 0 saturated carbocycles. The first-order chi connectivity index (χ1) is 12.3. The van der Waals surface area contributed by atoms with Crippen molar-refractivity contribution >= 4 is 33.1 Å². The molecule has 0 spiro atoms. The lowest BCUT2D eigenvalue weighted by atomic mass is 10.2. The van der Waals surface area contributed by atoms with Crippen molar-refractivity contribution in [3.05, 3.63) is 40.9 Å². The smallest absolute Gasteiger partial charge is 0.387 e. The number of benzene rings is 1. The van der Waals surface area contributed by atoms with Crippen molar-refractivity contribution < 1.29 is 18.3 Å². The number of carbonyl (C=O) groups is 1. The molecule has 8 heteroatoms. The fourth-order valence-electron chi connectivity index (χ4n) is 2.61. The highest BCUT2D eigenvalue weighted by atomic mass is 32.1. The number of ether oxygens (including phenoxy) is 1. The number of anilines is 1. The van der Waals surface area contributed by atoms with Crippen LogP contribution in [0.2, 0.25) is 0 Å². The average Bonchev–Trinajstić information content (AvgIpc) is 3.10. The first-order valence-corrected chi connectivity index (χ1v) is 8.98. The predicted octanol–water partition coefficient (Wildman–Crippen LogP) is 4.92. The molecule has 0 aliphatic carbocycles. The van der Waals surface area contributed by atoms with E-state index in [0.717, 1.165) is 22.5 Å². The van der Waals surface area contributed by atoms with Crippen molar-refractivity contribution in [2.75, 3.05) is 5.32 Å². The van der Waals surface area contributed by atoms with Crippen LogP contribution in [0.1, 0.15) is 29.2 Å². The largest absolute Gasteiger partial charge is 0.435 e. The summed E-state index contributed by atoms with van der Waals surface area (Å²) in [6.45, 7) is 4.08. The number of thiophene rings is 1. The second-order valence-corrected chi connectivity index (χ2v) is 7.38. The van der Waals surface area contributed by atoms with E-state index in [9.17, 15) is 13.6 Å². The molecule has 0 aliphatic rings. The van der Waals surface area contributed by atoms with Crippen molar-refractivity contribution in [2.24, 2.45) is 5.92 Å². The molecule has 0 fully saturated rings. The summed E-state index contributed by atoms with van der Waals surface area (Å²) in [5.41, 5.74) is 1.40. The number of amides is 1. The van der Waals surface area contributed by atoms with Gasteiger partial charge in [-0.15, -0.1) is 11.3 Å². The molecule has 1 aromatic carbocycles. The van der Waals surface area contributed by atoms with Gasteiger partial charge >= 0.3 is 6.61 Å². The Morgan fingerprint density at radius 3 is 2.62 bits per heavy atom. The van der Waals surface area contributed by atoms with Gasteiger partial charge in [-0.25, -0.2) is 0 Å². The highest BCUT2D eigenvalue weighted by molar-refractivity contribution is 7.20. The Bertz CT molecular complexity index is 917. The van der Waals surface area contributed by atoms with E-state index in [0.29, 0.717) is 16.5 Å². The standard InChI is InChI=1S/C18H19F2N3O2S/c1-10(2)9-23-17-14(11(3)22-23)8-15(26-17)16(24)21-12-4-6-13(7-5-12)25-18(19)20/h4-8,10,18H,9H2,1-3H3,(H,21,24). The minimum absolute atomic E-state index is 0.0456. The SMILES string of the molecule is Cc1nn(CC(C)C)c2sc(C(=O)Nc3ccc(OC(F)F)cc3)cc12. The first-order valence-electron chi connectivity index (χ1n) is 8.16. The van der Waals surface area contributed by atoms with Crippen molar-refractivity contribution in [2.45, 2.75) is 33.9 Å². The zero-order valence-corrected chi connectivity index (χ0v) is 15.4. The van der Waals surface area contributed by atoms with Crippen LogP contribution >= 0.6 is 11.3 Å². The minimum atomic E-state index is -2.87. The van der Waals surface area contributed by atoms with E-state index in [4.69, 9.17) is 0 Å². The number of carbonyl (C=O) groups excluding carboxylic acids is 1. The van der Waals surface area contributed by atoms with Crippen molar-refractivity contribution in [3.63, 3.8) is 0 Å². The maximum atomic E-state index is 12.5. The molecule has 3 rings (SSSR count). The molecule has 0 radical (unpaired) electrons. The summed E-state index contributed by atoms with van der Waals surface area (Å²) in [5.74, 6) is 0.249. The molecular weight excluding hydrogens is 360 g/mol. The Labute approximate surface area is 153 Å². The summed E-state index contributed by atoms with van der Waals surface area (Å²) < 4.78 is 30.6. The summed E-state index contributed by atoms with van der Waals surface area (Å²) in [6.07, 6.45) is 0. The van der Waals surface area contributed by atoms with E-state index < -0.39 is 6.61 Å². The topological polar surface area (TPSA) is 56.2 Å². The number of nitrogens with zero attached hydrogens (tertiary/aromatic N) is 2. The Balaban J connectivity index is 1.77. The average molecular weight is 379 g/mol. The molecule has 5 nitrogen and oxygen atoms in total. The lowest BCUT2D eigenvalue weighted by Gasteiger charge is -2.07. The second-order valence-electron chi connectivity index (χ2n) is 6.35. The number of rotatable bonds is 6. The third-order valence-electron chi connectivity index (χ3n) is 3.71. The monoisotopic (exact) mass is 379 g/mol. The van der Waals surface area contributed by atoms with Crippen LogP contribution in [-0.4, -0.2) is 22.3 Å². The van der Waals surface area contributed by atoms with Gasteiger partial charge in [0, 0.05) is 17.6 Å². The second kappa shape index (κ2) is 7.41. The molecule has 138 valence electrons. The lowest BCUT2D eigenvalue weighted by Crippen LogP contribution is -2.10. The molecule has 3 aromatic rings. The number of halogens is 2. The minimum Gasteiger partial charge on any atom is -0.435 e. The van der Waals surface area contributed by atoms with Gasteiger partial charge in [-0.2, -0.15) is 13.9 Å². The lowest BCUT2D eigenvalue weighted by molar-refractivity contribution is -0.0498. The van der Waals surface area contributed by atoms with Crippen LogP contribution in [0.15, 0.2) is 30.3 Å². The number of fused-ring (bicyclic) bond motifs is 1. The molecule has 0 bridgehead atoms. The molecular formula is C18H19F2N3O2S. The molecule has 0 aliphatic heterocycles. The fourth-order valence-corrected chi connectivity index (χ4v) is 3.67. The molecule has 2 aromatic heterocycles. The van der Waals surface area contributed by atoms with Gasteiger partial charge in [-0.05, 0) is 43.2 Å². The van der Waals surface area contributed by atoms with E-state index in [1.54, 1.807) is 0 Å². The zero-order chi connectivity index (χ0) is 18.8. The highest BCUT2D eigenvalue weighted by Gasteiger charge is 2.17. The van der Waals surface area contributed by atoms with Gasteiger partial charge in [0.2, 0.25) is 0 Å². The van der Waals surface area contributed by atoms with Crippen LogP contribution in [0.3, 0.4) is 0 Å². The third kappa shape index (κ3) is 4.01. The van der Waals surface area contributed by atoms with Gasteiger partial charge < -0.3 is 10.1 Å². The van der Waals surface area contributed by atoms with Gasteiger partial charge in [0.1, 0.15) is 10.6 Å². The highest BCUT2D eigenvalue weighted by Crippen LogP contribution is 2.29. The molecule has 2 heterocycles. The van der Waals surface area contributed by atoms with Crippen molar-refractivity contribution in [1.29, 1.82) is 0 Å². The maximum Gasteiger partial charge on any atom is 0.387 e. The summed E-state index contributed by atoms with van der Waals surface area (Å²) in [5, 5.41) is 8.27. The quantitative estimate of drug-likeness (QED) is 0.662. The Morgan fingerprint density at radius 1 is 1.31 bits per heavy atom. The molecule has 0 saturated heterocycles. The van der Waals surface area contributed by atoms with Gasteiger partial charge in [-0.1, -0.05) is 13.8 Å². The van der Waals surface area contributed by atoms with Crippen LogP contribution in [0.4, 0.5) is 14.5 Å². The number of alkyl halides is 2. The van der Waals surface area contributed by atoms with Crippen LogP contribution in [0.25, 0.3) is 10.2 Å². The van der Waals surface area contributed by atoms with Crippen LogP contribution in [0, 0.1) is 12.8 Å². The van der Waals surface area contributed by atoms with Crippen molar-refractivity contribution in [1.82, 2.24) is 9.78 Å². The molecule has 26 heavy (non-hydrogen) atoms. The summed E-state index contributed by atoms with van der Waals surface area (Å²) in [6, 6.07) is 7.65. The number of aryl methyl sites for hydroxylation is 1. The first kappa shape index (κ1) is 18.3. The Kier molecular flexibility index (Phi) is 5.22. The number of hydrogen-bond acceptors (Lipinski definition) is 4. The van der Waals surface area contributed by atoms with E-state index in [-0.39, 0.29) is 11.7 Å².